The molecule has 0 aliphatic carbocycles. The molecule has 0 N–H and O–H groups in total. The maximum Gasteiger partial charge on any atom is 0.160 e. The lowest BCUT2D eigenvalue weighted by atomic mass is 9.99. The lowest BCUT2D eigenvalue weighted by molar-refractivity contribution is -0.264. The Morgan fingerprint density at radius 1 is 0.226 bits per heavy atom. The van der Waals surface area contributed by atoms with Crippen LogP contribution in [0.25, 0.3) is 99.3 Å². The summed E-state index contributed by atoms with van der Waals surface area (Å²) in [4.78, 5) is 0. The second kappa shape index (κ2) is 12.0. The van der Waals surface area contributed by atoms with Crippen molar-refractivity contribution in [2.45, 2.75) is 160 Å². The van der Waals surface area contributed by atoms with E-state index in [1.165, 1.54) is 155 Å². The van der Waals surface area contributed by atoms with Gasteiger partial charge in [0.25, 0.3) is 0 Å². The van der Waals surface area contributed by atoms with Crippen LogP contribution < -0.4 is 5.11 Å². The van der Waals surface area contributed by atoms with Gasteiger partial charge in [0, 0.05) is 24.0 Å². The zero-order chi connectivity index (χ0) is 42.8. The van der Waals surface area contributed by atoms with Gasteiger partial charge in [-0.15, -0.1) is 0 Å². The molecule has 316 valence electrons. The first-order valence-electron chi connectivity index (χ1n) is 24.7. The molecule has 0 aliphatic heterocycles. The molecule has 1 aromatic carbocycles. The molecule has 12 heterocycles. The lowest BCUT2D eigenvalue weighted by Gasteiger charge is -2.25. The van der Waals surface area contributed by atoms with Crippen molar-refractivity contribution in [2.75, 3.05) is 0 Å². The van der Waals surface area contributed by atoms with Crippen LogP contribution in [0.2, 0.25) is 0 Å². The van der Waals surface area contributed by atoms with Gasteiger partial charge in [-0.05, 0) is 123 Å². The average molecular weight is 821 g/mol. The molecule has 7 heteroatoms. The van der Waals surface area contributed by atoms with Crippen LogP contribution in [0.5, 0.6) is 5.75 Å². The van der Waals surface area contributed by atoms with E-state index in [9.17, 15) is 0 Å². The molecular formula is C55H60N6O. The van der Waals surface area contributed by atoms with Crippen LogP contribution in [0, 0.1) is 0 Å². The van der Waals surface area contributed by atoms with Crippen LogP contribution in [0.15, 0.2) is 0 Å². The number of rotatable bonds is 12. The minimum Gasteiger partial charge on any atom is -0.811 e. The molecule has 7 nitrogen and oxygen atoms in total. The van der Waals surface area contributed by atoms with E-state index in [1.807, 2.05) is 0 Å². The summed E-state index contributed by atoms with van der Waals surface area (Å²) in [5.41, 5.74) is 40.3. The van der Waals surface area contributed by atoms with Crippen molar-refractivity contribution < 1.29 is 5.11 Å². The molecule has 0 saturated carbocycles. The van der Waals surface area contributed by atoms with Gasteiger partial charge in [-0.3, -0.25) is 8.80 Å². The molecule has 0 aliphatic rings. The number of hydrogen-bond acceptors (Lipinski definition) is 1. The van der Waals surface area contributed by atoms with Gasteiger partial charge in [-0.1, -0.05) is 69.2 Å². The fourth-order valence-corrected chi connectivity index (χ4v) is 14.9. The van der Waals surface area contributed by atoms with E-state index in [0.29, 0.717) is 0 Å². The summed E-state index contributed by atoms with van der Waals surface area (Å²) in [5, 5.41) is 16.4. The van der Waals surface area contributed by atoms with Crippen molar-refractivity contribution in [2.24, 2.45) is 0 Å². The number of benzene rings is 1. The molecule has 0 unspecified atom stereocenters. The maximum absolute atomic E-state index is 16.4. The Hall–Kier alpha value is -5.43. The van der Waals surface area contributed by atoms with E-state index in [0.717, 1.165) is 88.1 Å². The van der Waals surface area contributed by atoms with Crippen LogP contribution in [0.4, 0.5) is 0 Å². The lowest BCUT2D eigenvalue weighted by Crippen LogP contribution is -2.12. The highest BCUT2D eigenvalue weighted by atomic mass is 16.3. The van der Waals surface area contributed by atoms with Crippen molar-refractivity contribution >= 4 is 99.3 Å². The van der Waals surface area contributed by atoms with E-state index in [-0.39, 0.29) is 5.75 Å². The fraction of sp³-hybridized carbons (Fsp3) is 0.436. The first kappa shape index (κ1) is 37.2. The molecule has 0 bridgehead atoms. The molecule has 0 saturated heterocycles. The summed E-state index contributed by atoms with van der Waals surface area (Å²) >= 11 is 0. The van der Waals surface area contributed by atoms with Gasteiger partial charge in [0.2, 0.25) is 0 Å². The van der Waals surface area contributed by atoms with Crippen molar-refractivity contribution in [1.29, 1.82) is 0 Å². The topological polar surface area (TPSA) is 49.5 Å². The summed E-state index contributed by atoms with van der Waals surface area (Å²) in [6, 6.07) is 0. The minimum atomic E-state index is 0.205. The Balaban J connectivity index is 1.61. The second-order valence-electron chi connectivity index (χ2n) is 18.6. The molecule has 0 radical (unpaired) electrons. The highest BCUT2D eigenvalue weighted by Gasteiger charge is 2.41. The van der Waals surface area contributed by atoms with Crippen molar-refractivity contribution in [3.8, 4) is 5.75 Å². The number of aromatic nitrogens is 6. The van der Waals surface area contributed by atoms with E-state index in [2.05, 4.69) is 109 Å². The number of fused-ring (bicyclic) bond motifs is 5. The fourth-order valence-electron chi connectivity index (χ4n) is 14.9. The molecule has 12 aromatic heterocycles. The van der Waals surface area contributed by atoms with E-state index in [4.69, 9.17) is 0 Å². The van der Waals surface area contributed by atoms with Gasteiger partial charge < -0.3 is 22.7 Å². The Kier molecular flexibility index (Phi) is 7.17. The first-order valence-corrected chi connectivity index (χ1v) is 24.7. The number of nitrogens with zero attached hydrogens (tertiary/aromatic N) is 6. The van der Waals surface area contributed by atoms with Crippen LogP contribution in [-0.4, -0.2) is 26.4 Å². The van der Waals surface area contributed by atoms with Crippen molar-refractivity contribution in [1.82, 2.24) is 26.4 Å². The quantitative estimate of drug-likeness (QED) is 0.0688. The van der Waals surface area contributed by atoms with Crippen LogP contribution in [-0.2, 0) is 77.0 Å². The van der Waals surface area contributed by atoms with Gasteiger partial charge >= 0.3 is 0 Å². The molecule has 0 spiro atoms. The molecular weight excluding hydrogens is 761 g/mol. The molecule has 13 rings (SSSR count). The van der Waals surface area contributed by atoms with Crippen molar-refractivity contribution in [3.05, 3.63) is 66.8 Å². The Bertz CT molecular complexity index is 3700. The molecule has 13 aromatic rings. The normalized spacial score (nSPS) is 13.7. The molecule has 0 amide bonds. The average Bonchev–Trinajstić information content (AvgIpc) is 4.11. The molecule has 62 heavy (non-hydrogen) atoms. The van der Waals surface area contributed by atoms with Crippen LogP contribution >= 0.6 is 0 Å². The van der Waals surface area contributed by atoms with Gasteiger partial charge in [-0.25, -0.2) is 0 Å². The van der Waals surface area contributed by atoms with E-state index in [1.54, 1.807) is 0 Å². The van der Waals surface area contributed by atoms with Gasteiger partial charge in [0.05, 0.1) is 94.1 Å². The van der Waals surface area contributed by atoms with Crippen LogP contribution in [0.1, 0.15) is 150 Å². The zero-order valence-corrected chi connectivity index (χ0v) is 39.1. The summed E-state index contributed by atoms with van der Waals surface area (Å²) in [7, 11) is 0. The summed E-state index contributed by atoms with van der Waals surface area (Å²) in [6.45, 7) is 28.3. The Labute approximate surface area is 362 Å². The molecule has 0 fully saturated rings. The number of hydrogen-bond donors (Lipinski definition) is 0. The zero-order valence-electron chi connectivity index (χ0n) is 39.1. The predicted molar refractivity (Wildman–Crippen MR) is 261 cm³/mol. The first-order chi connectivity index (χ1) is 30.3. The summed E-state index contributed by atoms with van der Waals surface area (Å²) in [6.07, 6.45) is 11.2. The Morgan fingerprint density at radius 2 is 0.371 bits per heavy atom. The van der Waals surface area contributed by atoms with E-state index < -0.39 is 0 Å². The summed E-state index contributed by atoms with van der Waals surface area (Å²) < 4.78 is 16.4. The third-order valence-corrected chi connectivity index (χ3v) is 16.8. The third kappa shape index (κ3) is 3.40. The second-order valence-corrected chi connectivity index (χ2v) is 18.6. The van der Waals surface area contributed by atoms with Crippen LogP contribution in [0.3, 0.4) is 0 Å². The Morgan fingerprint density at radius 3 is 0.548 bits per heavy atom. The monoisotopic (exact) mass is 820 g/mol. The standard InChI is InChI=1S/C55H60N6O/c1-13-25-27(15-3)39-41-29(17-5)31(19-7)43-45-33(21-9)35(23-11)47-55(62)48-36(24-12)34(22-10)46-44-32(20-8)30(18-6)42-40-28(16-4)26(14-2)38-37(25)56(39)49-50(57(38)40)52(59(42)44)54(61(46)48)53(60(45)47)51(49)58(41)43/h13-24H2,1-12H3. The van der Waals surface area contributed by atoms with Gasteiger partial charge in [-0.2, -0.15) is 0 Å². The highest BCUT2D eigenvalue weighted by Crippen LogP contribution is 2.55. The summed E-state index contributed by atoms with van der Waals surface area (Å²) in [5.74, 6) is 0.205. The predicted octanol–water partition coefficient (Wildman–Crippen LogP) is 12.9. The largest absolute Gasteiger partial charge is 0.811 e. The van der Waals surface area contributed by atoms with Gasteiger partial charge in [0.15, 0.2) is 11.0 Å². The third-order valence-electron chi connectivity index (χ3n) is 16.8. The molecule has 0 atom stereocenters. The van der Waals surface area contributed by atoms with E-state index >= 15 is 5.11 Å². The minimum absolute atomic E-state index is 0.205. The SMILES string of the molecule is CCc1c(CC)c2c3c(CC)c(CC)c4c5c(CC)c(CC)c6[c+]([O-])c7c(CC)c(CC)c8c9c(CC)c(CC)c%10c%11c(CC)c(CC)c%12c1n2c1c(c(c(c(c1n34)n56)n87)n%109)n%12%11. The maximum atomic E-state index is 16.4. The highest BCUT2D eigenvalue weighted by molar-refractivity contribution is 6.30. The smallest absolute Gasteiger partial charge is 0.160 e. The van der Waals surface area contributed by atoms with Crippen molar-refractivity contribution in [3.63, 3.8) is 0 Å². The van der Waals surface area contributed by atoms with Gasteiger partial charge in [0.1, 0.15) is 11.0 Å². The number of aryl methyl sites for hydroxylation is 12.